The Morgan fingerprint density at radius 3 is 2.15 bits per heavy atom. The number of benzodiazepines with no additional fused rings is 1. The number of aliphatic imine (C=N–C) groups is 1. The fraction of sp³-hybridized carbons (Fsp3) is 0.407. The van der Waals surface area contributed by atoms with Gasteiger partial charge in [0.05, 0.1) is 11.4 Å². The van der Waals surface area contributed by atoms with E-state index in [9.17, 15) is 45.1 Å². The van der Waals surface area contributed by atoms with Crippen molar-refractivity contribution in [2.45, 2.75) is 58.0 Å². The maximum absolute atomic E-state index is 14.1. The summed E-state index contributed by atoms with van der Waals surface area (Å²) in [7, 11) is 0. The molecule has 1 aliphatic heterocycles. The second-order valence-corrected chi connectivity index (χ2v) is 9.52. The number of nitrogens with one attached hydrogen (secondary N) is 2. The summed E-state index contributed by atoms with van der Waals surface area (Å²) in [6.07, 6.45) is -16.1. The lowest BCUT2D eigenvalue weighted by Crippen LogP contribution is -2.47. The van der Waals surface area contributed by atoms with Crippen LogP contribution < -0.4 is 10.6 Å². The molecule has 3 atom stereocenters. The first-order valence-corrected chi connectivity index (χ1v) is 12.2. The van der Waals surface area contributed by atoms with Gasteiger partial charge in [-0.1, -0.05) is 30.3 Å². The summed E-state index contributed by atoms with van der Waals surface area (Å²) < 4.78 is 91.9. The molecular formula is C27H26F7N3O3. The molecule has 40 heavy (non-hydrogen) atoms. The zero-order valence-electron chi connectivity index (χ0n) is 21.4. The highest BCUT2D eigenvalue weighted by molar-refractivity contribution is 6.20. The number of amides is 2. The third kappa shape index (κ3) is 8.12. The molecule has 0 aromatic heterocycles. The molecule has 0 spiro atoms. The topological polar surface area (TPSA) is 87.6 Å². The van der Waals surface area contributed by atoms with Gasteiger partial charge in [-0.05, 0) is 44.4 Å². The van der Waals surface area contributed by atoms with Crippen molar-refractivity contribution in [3.8, 4) is 0 Å². The molecule has 0 saturated carbocycles. The Hall–Kier alpha value is -3.77. The molecule has 2 N–H and O–H groups in total. The van der Waals surface area contributed by atoms with Crippen molar-refractivity contribution in [3.05, 3.63) is 65.0 Å². The van der Waals surface area contributed by atoms with E-state index < -0.39 is 79.5 Å². The number of carbonyl (C=O) groups is 3. The summed E-state index contributed by atoms with van der Waals surface area (Å²) in [5.74, 6) is -7.17. The van der Waals surface area contributed by atoms with Gasteiger partial charge in [-0.15, -0.1) is 0 Å². The standard InChI is InChI=1S/C27H26F7N3O3/c1-14-5-3-8-20-21(14)36-25(40)23(35-22(20)16-6-4-7-17(28)13-16)37-24(39)19(10-12-27(32,33)34)18(15(2)38)9-11-26(29,30)31/h3-8,13,18-19,23H,9-12H2,1-2H3,(H,36,40)(H,37,39)/t18-,19-,23-/m1/s1. The molecule has 1 heterocycles. The van der Waals surface area contributed by atoms with Crippen LogP contribution in [0.1, 0.15) is 49.3 Å². The number of hydrogen-bond donors (Lipinski definition) is 2. The first-order valence-electron chi connectivity index (χ1n) is 12.2. The number of para-hydroxylation sites is 1. The first kappa shape index (κ1) is 30.8. The van der Waals surface area contributed by atoms with Gasteiger partial charge in [0, 0.05) is 35.8 Å². The normalized spacial score (nSPS) is 17.2. The summed E-state index contributed by atoms with van der Waals surface area (Å²) in [6.45, 7) is 2.57. The number of anilines is 1. The van der Waals surface area contributed by atoms with Crippen molar-refractivity contribution in [2.75, 3.05) is 5.32 Å². The number of halogens is 7. The molecule has 0 saturated heterocycles. The van der Waals surface area contributed by atoms with Gasteiger partial charge in [-0.2, -0.15) is 26.3 Å². The Bertz CT molecular complexity index is 1310. The van der Waals surface area contributed by atoms with Crippen LogP contribution in [0.15, 0.2) is 47.5 Å². The number of rotatable bonds is 9. The van der Waals surface area contributed by atoms with Crippen LogP contribution in [0.4, 0.5) is 36.4 Å². The van der Waals surface area contributed by atoms with Gasteiger partial charge < -0.3 is 10.6 Å². The molecule has 0 unspecified atom stereocenters. The van der Waals surface area contributed by atoms with E-state index >= 15 is 0 Å². The van der Waals surface area contributed by atoms with Gasteiger partial charge in [0.15, 0.2) is 0 Å². The summed E-state index contributed by atoms with van der Waals surface area (Å²) in [5.41, 5.74) is 1.56. The van der Waals surface area contributed by atoms with Crippen molar-refractivity contribution >= 4 is 29.0 Å². The van der Waals surface area contributed by atoms with E-state index in [1.165, 1.54) is 18.2 Å². The third-order valence-corrected chi connectivity index (χ3v) is 6.48. The van der Waals surface area contributed by atoms with E-state index in [4.69, 9.17) is 0 Å². The fourth-order valence-corrected chi connectivity index (χ4v) is 4.53. The van der Waals surface area contributed by atoms with E-state index in [1.807, 2.05) is 0 Å². The highest BCUT2D eigenvalue weighted by Gasteiger charge is 2.40. The minimum absolute atomic E-state index is 0.0777. The van der Waals surface area contributed by atoms with Crippen LogP contribution in [0.2, 0.25) is 0 Å². The molecule has 6 nitrogen and oxygen atoms in total. The monoisotopic (exact) mass is 573 g/mol. The van der Waals surface area contributed by atoms with Gasteiger partial charge in [-0.3, -0.25) is 14.4 Å². The van der Waals surface area contributed by atoms with Crippen LogP contribution in [-0.4, -0.2) is 41.8 Å². The average Bonchev–Trinajstić information content (AvgIpc) is 2.97. The average molecular weight is 574 g/mol. The zero-order chi connectivity index (χ0) is 29.8. The molecule has 0 bridgehead atoms. The fourth-order valence-electron chi connectivity index (χ4n) is 4.53. The molecule has 0 aliphatic carbocycles. The molecule has 2 aromatic rings. The first-order chi connectivity index (χ1) is 18.6. The second kappa shape index (κ2) is 12.2. The largest absolute Gasteiger partial charge is 0.389 e. The lowest BCUT2D eigenvalue weighted by Gasteiger charge is -2.26. The Morgan fingerprint density at radius 2 is 1.57 bits per heavy atom. The Labute approximate surface area is 225 Å². The number of alkyl halides is 6. The molecule has 1 aliphatic rings. The number of nitrogens with zero attached hydrogens (tertiary/aromatic N) is 1. The zero-order valence-corrected chi connectivity index (χ0v) is 21.4. The van der Waals surface area contributed by atoms with Gasteiger partial charge in [0.1, 0.15) is 11.6 Å². The molecule has 2 amide bonds. The Kier molecular flexibility index (Phi) is 9.36. The maximum atomic E-state index is 14.1. The number of fused-ring (bicyclic) bond motifs is 1. The minimum Gasteiger partial charge on any atom is -0.326 e. The van der Waals surface area contributed by atoms with Crippen molar-refractivity contribution in [3.63, 3.8) is 0 Å². The number of aryl methyl sites for hydroxylation is 1. The van der Waals surface area contributed by atoms with Crippen LogP contribution >= 0.6 is 0 Å². The number of Topliss-reactive ketones (excluding diaryl/α,β-unsaturated/α-hetero) is 1. The van der Waals surface area contributed by atoms with E-state index in [2.05, 4.69) is 15.6 Å². The molecule has 0 fully saturated rings. The summed E-state index contributed by atoms with van der Waals surface area (Å²) in [6, 6.07) is 10.1. The third-order valence-electron chi connectivity index (χ3n) is 6.48. The number of carbonyl (C=O) groups excluding carboxylic acids is 3. The lowest BCUT2D eigenvalue weighted by atomic mass is 9.81. The van der Waals surface area contributed by atoms with Crippen LogP contribution in [0.25, 0.3) is 0 Å². The van der Waals surface area contributed by atoms with Crippen LogP contribution in [0.5, 0.6) is 0 Å². The molecule has 216 valence electrons. The summed E-state index contributed by atoms with van der Waals surface area (Å²) in [4.78, 5) is 42.9. The summed E-state index contributed by atoms with van der Waals surface area (Å²) in [5, 5.41) is 4.81. The number of hydrogen-bond acceptors (Lipinski definition) is 4. The summed E-state index contributed by atoms with van der Waals surface area (Å²) >= 11 is 0. The molecule has 3 rings (SSSR count). The molecular weight excluding hydrogens is 547 g/mol. The van der Waals surface area contributed by atoms with Crippen molar-refractivity contribution in [1.82, 2.24) is 5.32 Å². The maximum Gasteiger partial charge on any atom is 0.389 e. The van der Waals surface area contributed by atoms with Crippen molar-refractivity contribution in [2.24, 2.45) is 16.8 Å². The quantitative estimate of drug-likeness (QED) is 0.368. The highest BCUT2D eigenvalue weighted by Crippen LogP contribution is 2.34. The van der Waals surface area contributed by atoms with Gasteiger partial charge in [-0.25, -0.2) is 9.38 Å². The number of benzene rings is 2. The number of ketones is 1. The van der Waals surface area contributed by atoms with Gasteiger partial charge in [0.25, 0.3) is 5.91 Å². The van der Waals surface area contributed by atoms with E-state index in [0.29, 0.717) is 16.8 Å². The van der Waals surface area contributed by atoms with Crippen LogP contribution in [0, 0.1) is 24.6 Å². The highest BCUT2D eigenvalue weighted by atomic mass is 19.4. The molecule has 13 heteroatoms. The van der Waals surface area contributed by atoms with Gasteiger partial charge >= 0.3 is 12.4 Å². The molecule has 0 radical (unpaired) electrons. The second-order valence-electron chi connectivity index (χ2n) is 9.52. The van der Waals surface area contributed by atoms with Crippen molar-refractivity contribution in [1.29, 1.82) is 0 Å². The van der Waals surface area contributed by atoms with Crippen molar-refractivity contribution < 1.29 is 45.1 Å². The van der Waals surface area contributed by atoms with Gasteiger partial charge in [0.2, 0.25) is 12.1 Å². The minimum atomic E-state index is -4.76. The van der Waals surface area contributed by atoms with E-state index in [0.717, 1.165) is 13.0 Å². The van der Waals surface area contributed by atoms with Crippen LogP contribution in [-0.2, 0) is 14.4 Å². The smallest absolute Gasteiger partial charge is 0.326 e. The SMILES string of the molecule is CC(=O)[C@@H](CCC(F)(F)F)[C@@H](CCC(F)(F)F)C(=O)N[C@H]1N=C(c2cccc(F)c2)c2cccc(C)c2NC1=O. The van der Waals surface area contributed by atoms with E-state index in [-0.39, 0.29) is 11.3 Å². The Morgan fingerprint density at radius 1 is 0.975 bits per heavy atom. The van der Waals surface area contributed by atoms with E-state index in [1.54, 1.807) is 25.1 Å². The predicted molar refractivity (Wildman–Crippen MR) is 132 cm³/mol. The Balaban J connectivity index is 2.02. The lowest BCUT2D eigenvalue weighted by molar-refractivity contribution is -0.152. The molecule has 2 aromatic carbocycles. The predicted octanol–water partition coefficient (Wildman–Crippen LogP) is 5.87. The van der Waals surface area contributed by atoms with Crippen LogP contribution in [0.3, 0.4) is 0 Å².